The number of ether oxygens (including phenoxy) is 1. The van der Waals surface area contributed by atoms with E-state index in [1.807, 2.05) is 12.1 Å². The fourth-order valence-corrected chi connectivity index (χ4v) is 4.87. The molecule has 0 unspecified atom stereocenters. The lowest BCUT2D eigenvalue weighted by atomic mass is 10.2. The average Bonchev–Trinajstić information content (AvgIpc) is 3.29. The van der Waals surface area contributed by atoms with Crippen LogP contribution in [0.5, 0.6) is 5.75 Å². The van der Waals surface area contributed by atoms with Crippen LogP contribution in [0.4, 0.5) is 5.69 Å². The highest BCUT2D eigenvalue weighted by Crippen LogP contribution is 2.25. The van der Waals surface area contributed by atoms with E-state index in [0.717, 1.165) is 64.1 Å². The van der Waals surface area contributed by atoms with E-state index in [9.17, 15) is 4.79 Å². The number of carbonyl (C=O) groups excluding carboxylic acids is 1. The van der Waals surface area contributed by atoms with E-state index in [2.05, 4.69) is 31.7 Å². The van der Waals surface area contributed by atoms with Crippen molar-refractivity contribution in [2.45, 2.75) is 31.7 Å². The maximum atomic E-state index is 12.8. The molecule has 6 heteroatoms. The Labute approximate surface area is 169 Å². The first-order chi connectivity index (χ1) is 13.7. The van der Waals surface area contributed by atoms with Gasteiger partial charge in [-0.25, -0.2) is 0 Å². The molecule has 28 heavy (non-hydrogen) atoms. The second kappa shape index (κ2) is 9.14. The zero-order chi connectivity index (χ0) is 19.3. The van der Waals surface area contributed by atoms with Crippen LogP contribution in [0.2, 0.25) is 0 Å². The van der Waals surface area contributed by atoms with Gasteiger partial charge in [0.15, 0.2) is 0 Å². The molecule has 0 radical (unpaired) electrons. The third-order valence-corrected chi connectivity index (χ3v) is 6.66. The van der Waals surface area contributed by atoms with Crippen LogP contribution in [0, 0.1) is 0 Å². The first-order valence-corrected chi connectivity index (χ1v) is 10.9. The highest BCUT2D eigenvalue weighted by molar-refractivity contribution is 5.78. The normalized spacial score (nSPS) is 22.6. The predicted octanol–water partition coefficient (Wildman–Crippen LogP) is 1.90. The van der Waals surface area contributed by atoms with Gasteiger partial charge in [-0.2, -0.15) is 0 Å². The third-order valence-electron chi connectivity index (χ3n) is 6.66. The second-order valence-corrected chi connectivity index (χ2v) is 8.32. The Morgan fingerprint density at radius 2 is 1.71 bits per heavy atom. The number of rotatable bonds is 5. The minimum atomic E-state index is 0.306. The van der Waals surface area contributed by atoms with Gasteiger partial charge in [0.05, 0.1) is 13.7 Å². The molecule has 6 nitrogen and oxygen atoms in total. The van der Waals surface area contributed by atoms with E-state index in [-0.39, 0.29) is 0 Å². The van der Waals surface area contributed by atoms with E-state index in [1.54, 1.807) is 7.11 Å². The van der Waals surface area contributed by atoms with Crippen molar-refractivity contribution in [3.05, 3.63) is 24.3 Å². The number of carbonyl (C=O) groups is 1. The zero-order valence-corrected chi connectivity index (χ0v) is 17.2. The van der Waals surface area contributed by atoms with Crippen LogP contribution in [0.1, 0.15) is 25.7 Å². The fraction of sp³-hybridized carbons (Fsp3) is 0.682. The highest BCUT2D eigenvalue weighted by Gasteiger charge is 2.29. The summed E-state index contributed by atoms with van der Waals surface area (Å²) in [5.41, 5.74) is 1.20. The Balaban J connectivity index is 1.21. The smallest absolute Gasteiger partial charge is 0.236 e. The molecule has 2 aliphatic heterocycles. The predicted molar refractivity (Wildman–Crippen MR) is 112 cm³/mol. The molecule has 154 valence electrons. The SMILES string of the molecule is COc1cccc(N2CCN(CC(=O)N3CCN(C4CCCC4)CC3)CC2)c1. The van der Waals surface area contributed by atoms with E-state index >= 15 is 0 Å². The number of methoxy groups -OCH3 is 1. The largest absolute Gasteiger partial charge is 0.497 e. The Bertz CT molecular complexity index is 646. The van der Waals surface area contributed by atoms with Gasteiger partial charge in [0.25, 0.3) is 0 Å². The molecule has 0 atom stereocenters. The lowest BCUT2D eigenvalue weighted by Gasteiger charge is -2.40. The molecule has 2 heterocycles. The standard InChI is InChI=1S/C22H34N4O2/c1-28-21-8-4-7-20(17-21)25-11-9-23(10-12-25)18-22(27)26-15-13-24(14-16-26)19-5-2-3-6-19/h4,7-8,17,19H,2-3,5-6,9-16,18H2,1H3. The van der Waals surface area contributed by atoms with Crippen molar-refractivity contribution in [2.75, 3.05) is 70.9 Å². The fourth-order valence-electron chi connectivity index (χ4n) is 4.87. The molecular formula is C22H34N4O2. The zero-order valence-electron chi connectivity index (χ0n) is 17.2. The van der Waals surface area contributed by atoms with Crippen LogP contribution in [-0.4, -0.2) is 92.7 Å². The summed E-state index contributed by atoms with van der Waals surface area (Å²) in [6, 6.07) is 9.01. The second-order valence-electron chi connectivity index (χ2n) is 8.32. The summed E-state index contributed by atoms with van der Waals surface area (Å²) in [7, 11) is 1.70. The summed E-state index contributed by atoms with van der Waals surface area (Å²) >= 11 is 0. The van der Waals surface area contributed by atoms with E-state index in [1.165, 1.54) is 31.4 Å². The van der Waals surface area contributed by atoms with Crippen LogP contribution < -0.4 is 9.64 Å². The summed E-state index contributed by atoms with van der Waals surface area (Å²) in [6.07, 6.45) is 5.47. The van der Waals surface area contributed by atoms with Crippen molar-refractivity contribution in [2.24, 2.45) is 0 Å². The molecule has 0 spiro atoms. The first-order valence-electron chi connectivity index (χ1n) is 10.9. The summed E-state index contributed by atoms with van der Waals surface area (Å²) in [6.45, 7) is 8.26. The van der Waals surface area contributed by atoms with E-state index < -0.39 is 0 Å². The molecule has 1 aromatic rings. The molecule has 1 amide bonds. The molecule has 1 saturated carbocycles. The molecule has 0 N–H and O–H groups in total. The van der Waals surface area contributed by atoms with E-state index in [0.29, 0.717) is 12.5 Å². The van der Waals surface area contributed by atoms with Gasteiger partial charge in [-0.05, 0) is 25.0 Å². The number of hydrogen-bond acceptors (Lipinski definition) is 5. The summed E-state index contributed by atoms with van der Waals surface area (Å²) in [4.78, 5) is 22.1. The average molecular weight is 387 g/mol. The van der Waals surface area contributed by atoms with Crippen LogP contribution in [-0.2, 0) is 4.79 Å². The molecule has 4 rings (SSSR count). The third kappa shape index (κ3) is 4.61. The van der Waals surface area contributed by atoms with Gasteiger partial charge in [0.2, 0.25) is 5.91 Å². The molecule has 2 saturated heterocycles. The number of amides is 1. The number of benzene rings is 1. The Morgan fingerprint density at radius 1 is 1.00 bits per heavy atom. The van der Waals surface area contributed by atoms with Crippen molar-refractivity contribution < 1.29 is 9.53 Å². The van der Waals surface area contributed by atoms with Crippen LogP contribution in [0.25, 0.3) is 0 Å². The van der Waals surface area contributed by atoms with Crippen molar-refractivity contribution in [3.8, 4) is 5.75 Å². The first kappa shape index (κ1) is 19.5. The highest BCUT2D eigenvalue weighted by atomic mass is 16.5. The van der Waals surface area contributed by atoms with Crippen molar-refractivity contribution >= 4 is 11.6 Å². The van der Waals surface area contributed by atoms with Crippen LogP contribution in [0.3, 0.4) is 0 Å². The Kier molecular flexibility index (Phi) is 6.37. The lowest BCUT2D eigenvalue weighted by molar-refractivity contribution is -0.134. The maximum absolute atomic E-state index is 12.8. The summed E-state index contributed by atoms with van der Waals surface area (Å²) < 4.78 is 5.34. The number of anilines is 1. The molecule has 0 bridgehead atoms. The monoisotopic (exact) mass is 386 g/mol. The Morgan fingerprint density at radius 3 is 2.39 bits per heavy atom. The topological polar surface area (TPSA) is 39.3 Å². The molecular weight excluding hydrogens is 352 g/mol. The lowest BCUT2D eigenvalue weighted by Crippen LogP contribution is -2.55. The van der Waals surface area contributed by atoms with Crippen LogP contribution in [0.15, 0.2) is 24.3 Å². The van der Waals surface area contributed by atoms with Gasteiger partial charge >= 0.3 is 0 Å². The summed E-state index contributed by atoms with van der Waals surface area (Å²) in [5.74, 6) is 1.20. The maximum Gasteiger partial charge on any atom is 0.236 e. The van der Waals surface area contributed by atoms with Crippen molar-refractivity contribution in [1.29, 1.82) is 0 Å². The number of nitrogens with zero attached hydrogens (tertiary/aromatic N) is 4. The van der Waals surface area contributed by atoms with Gasteiger partial charge in [-0.1, -0.05) is 18.9 Å². The molecule has 3 fully saturated rings. The van der Waals surface area contributed by atoms with Gasteiger partial charge in [0, 0.05) is 70.2 Å². The minimum Gasteiger partial charge on any atom is -0.497 e. The molecule has 0 aromatic heterocycles. The number of piperazine rings is 2. The van der Waals surface area contributed by atoms with Gasteiger partial charge in [-0.15, -0.1) is 0 Å². The number of hydrogen-bond donors (Lipinski definition) is 0. The minimum absolute atomic E-state index is 0.306. The van der Waals surface area contributed by atoms with Gasteiger partial charge < -0.3 is 14.5 Å². The molecule has 1 aromatic carbocycles. The van der Waals surface area contributed by atoms with Crippen LogP contribution >= 0.6 is 0 Å². The molecule has 3 aliphatic rings. The Hall–Kier alpha value is -1.79. The van der Waals surface area contributed by atoms with Gasteiger partial charge in [0.1, 0.15) is 5.75 Å². The van der Waals surface area contributed by atoms with Crippen molar-refractivity contribution in [1.82, 2.24) is 14.7 Å². The quantitative estimate of drug-likeness (QED) is 0.773. The van der Waals surface area contributed by atoms with E-state index in [4.69, 9.17) is 4.74 Å². The summed E-state index contributed by atoms with van der Waals surface area (Å²) in [5, 5.41) is 0. The van der Waals surface area contributed by atoms with Gasteiger partial charge in [-0.3, -0.25) is 14.6 Å². The van der Waals surface area contributed by atoms with Crippen molar-refractivity contribution in [3.63, 3.8) is 0 Å². The molecule has 1 aliphatic carbocycles.